The van der Waals surface area contributed by atoms with Gasteiger partial charge in [0.1, 0.15) is 11.5 Å². The van der Waals surface area contributed by atoms with Crippen LogP contribution < -0.4 is 0 Å². The number of aliphatic hydroxyl groups excluding tert-OH is 1. The Balaban J connectivity index is 2.17. The summed E-state index contributed by atoms with van der Waals surface area (Å²) in [6.45, 7) is 6.23. The smallest absolute Gasteiger partial charge is 0.145 e. The van der Waals surface area contributed by atoms with Gasteiger partial charge in [-0.1, -0.05) is 44.2 Å². The Kier molecular flexibility index (Phi) is 4.74. The van der Waals surface area contributed by atoms with Gasteiger partial charge in [0, 0.05) is 0 Å². The number of aryl methyl sites for hydroxylation is 1. The lowest BCUT2D eigenvalue weighted by Gasteiger charge is -2.08. The van der Waals surface area contributed by atoms with Gasteiger partial charge >= 0.3 is 0 Å². The fraction of sp³-hybridized carbons (Fsp3) is 0.353. The molecule has 0 spiro atoms. The van der Waals surface area contributed by atoms with E-state index < -0.39 is 0 Å². The highest BCUT2D eigenvalue weighted by atomic mass is 16.3. The minimum Gasteiger partial charge on any atom is -0.460 e. The summed E-state index contributed by atoms with van der Waals surface area (Å²) in [7, 11) is 0. The lowest BCUT2D eigenvalue weighted by Crippen LogP contribution is -2.01. The molecular weight excluding hydrogens is 250 g/mol. The van der Waals surface area contributed by atoms with Crippen molar-refractivity contribution in [3.8, 4) is 0 Å². The van der Waals surface area contributed by atoms with Gasteiger partial charge in [-0.3, -0.25) is 4.99 Å². The van der Waals surface area contributed by atoms with Crippen molar-refractivity contribution in [2.24, 2.45) is 4.99 Å². The molecule has 2 rings (SSSR count). The molecular formula is C17H21NO2. The van der Waals surface area contributed by atoms with Crippen LogP contribution in [-0.2, 0) is 0 Å². The third-order valence-electron chi connectivity index (χ3n) is 3.34. The molecule has 0 radical (unpaired) electrons. The molecule has 1 aromatic carbocycles. The molecule has 0 aliphatic carbocycles. The van der Waals surface area contributed by atoms with Gasteiger partial charge in [0.05, 0.1) is 18.9 Å². The second kappa shape index (κ2) is 6.53. The van der Waals surface area contributed by atoms with Crippen molar-refractivity contribution in [2.75, 3.05) is 6.61 Å². The van der Waals surface area contributed by atoms with Gasteiger partial charge in [-0.05, 0) is 30.0 Å². The van der Waals surface area contributed by atoms with Crippen molar-refractivity contribution in [3.63, 3.8) is 0 Å². The normalized spacial score (nSPS) is 13.2. The van der Waals surface area contributed by atoms with Crippen LogP contribution in [0.2, 0.25) is 0 Å². The molecule has 1 atom stereocenters. The first kappa shape index (κ1) is 14.5. The maximum atomic E-state index is 9.46. The Labute approximate surface area is 120 Å². The van der Waals surface area contributed by atoms with E-state index in [4.69, 9.17) is 4.42 Å². The fourth-order valence-electron chi connectivity index (χ4n) is 2.23. The highest BCUT2D eigenvalue weighted by Gasteiger charge is 2.11. The van der Waals surface area contributed by atoms with Crippen LogP contribution in [0.25, 0.3) is 0 Å². The molecule has 1 heterocycles. The van der Waals surface area contributed by atoms with Gasteiger partial charge in [0.25, 0.3) is 0 Å². The second-order valence-electron chi connectivity index (χ2n) is 5.20. The predicted octanol–water partition coefficient (Wildman–Crippen LogP) is 3.86. The first-order valence-electron chi connectivity index (χ1n) is 6.91. The largest absolute Gasteiger partial charge is 0.460 e. The van der Waals surface area contributed by atoms with E-state index in [0.29, 0.717) is 5.92 Å². The molecule has 0 bridgehead atoms. The van der Waals surface area contributed by atoms with Gasteiger partial charge < -0.3 is 9.52 Å². The summed E-state index contributed by atoms with van der Waals surface area (Å²) < 4.78 is 5.68. The van der Waals surface area contributed by atoms with Crippen molar-refractivity contribution < 1.29 is 9.52 Å². The zero-order valence-electron chi connectivity index (χ0n) is 12.2. The molecule has 1 N–H and O–H groups in total. The molecule has 106 valence electrons. The molecule has 0 amide bonds. The van der Waals surface area contributed by atoms with Crippen molar-refractivity contribution in [1.29, 1.82) is 0 Å². The van der Waals surface area contributed by atoms with Crippen LogP contribution in [0.15, 0.2) is 45.8 Å². The monoisotopic (exact) mass is 271 g/mol. The van der Waals surface area contributed by atoms with Gasteiger partial charge in [0.2, 0.25) is 0 Å². The zero-order valence-corrected chi connectivity index (χ0v) is 12.2. The van der Waals surface area contributed by atoms with Crippen LogP contribution >= 0.6 is 0 Å². The minimum atomic E-state index is -0.246. The molecule has 3 heteroatoms. The number of nitrogens with zero attached hydrogens (tertiary/aromatic N) is 1. The number of furan rings is 1. The van der Waals surface area contributed by atoms with E-state index in [1.54, 1.807) is 6.21 Å². The Hall–Kier alpha value is -1.87. The third kappa shape index (κ3) is 3.36. The molecule has 0 saturated heterocycles. The van der Waals surface area contributed by atoms with Crippen LogP contribution in [-0.4, -0.2) is 17.9 Å². The number of benzene rings is 1. The Morgan fingerprint density at radius 3 is 2.50 bits per heavy atom. The number of hydrogen-bond donors (Lipinski definition) is 1. The molecule has 1 aromatic heterocycles. The van der Waals surface area contributed by atoms with E-state index in [0.717, 1.165) is 17.1 Å². The van der Waals surface area contributed by atoms with Gasteiger partial charge in [0.15, 0.2) is 0 Å². The summed E-state index contributed by atoms with van der Waals surface area (Å²) in [5.41, 5.74) is 2.20. The minimum absolute atomic E-state index is 0.0166. The van der Waals surface area contributed by atoms with E-state index in [1.807, 2.05) is 43.3 Å². The lowest BCUT2D eigenvalue weighted by atomic mass is 10.0. The first-order valence-corrected chi connectivity index (χ1v) is 6.91. The average Bonchev–Trinajstić information content (AvgIpc) is 2.82. The highest BCUT2D eigenvalue weighted by Crippen LogP contribution is 2.23. The van der Waals surface area contributed by atoms with Gasteiger partial charge in [-0.15, -0.1) is 0 Å². The molecule has 0 saturated carbocycles. The summed E-state index contributed by atoms with van der Waals surface area (Å²) in [6, 6.07) is 11.5. The lowest BCUT2D eigenvalue weighted by molar-refractivity contribution is 0.269. The maximum Gasteiger partial charge on any atom is 0.145 e. The summed E-state index contributed by atoms with van der Waals surface area (Å²) in [5.74, 6) is 2.10. The summed E-state index contributed by atoms with van der Waals surface area (Å²) >= 11 is 0. The number of aliphatic imine (C=N–C) groups is 1. The fourth-order valence-corrected chi connectivity index (χ4v) is 2.23. The van der Waals surface area contributed by atoms with Crippen LogP contribution in [0.3, 0.4) is 0 Å². The molecule has 2 aromatic rings. The standard InChI is InChI=1S/C17H21NO2/c1-12(2)16-9-15(20-13(16)3)10-18-17(11-19)14-7-5-4-6-8-14/h4-10,12,17,19H,11H2,1-3H3/t17-/m0/s1. The number of aliphatic hydroxyl groups is 1. The molecule has 0 aliphatic heterocycles. The Morgan fingerprint density at radius 1 is 1.25 bits per heavy atom. The molecule has 20 heavy (non-hydrogen) atoms. The quantitative estimate of drug-likeness (QED) is 0.839. The molecule has 0 fully saturated rings. The van der Waals surface area contributed by atoms with E-state index in [2.05, 4.69) is 18.8 Å². The van der Waals surface area contributed by atoms with E-state index in [1.165, 1.54) is 5.56 Å². The maximum absolute atomic E-state index is 9.46. The average molecular weight is 271 g/mol. The topological polar surface area (TPSA) is 45.7 Å². The summed E-state index contributed by atoms with van der Waals surface area (Å²) in [5, 5.41) is 9.46. The first-order chi connectivity index (χ1) is 9.61. The second-order valence-corrected chi connectivity index (χ2v) is 5.20. The summed E-state index contributed by atoms with van der Waals surface area (Å²) in [4.78, 5) is 4.43. The molecule has 0 aliphatic rings. The Morgan fingerprint density at radius 2 is 1.95 bits per heavy atom. The SMILES string of the molecule is Cc1oc(C=N[C@@H](CO)c2ccccc2)cc1C(C)C. The van der Waals surface area contributed by atoms with Crippen molar-refractivity contribution in [2.45, 2.75) is 32.7 Å². The number of hydrogen-bond acceptors (Lipinski definition) is 3. The van der Waals surface area contributed by atoms with Crippen LogP contribution in [0.4, 0.5) is 0 Å². The van der Waals surface area contributed by atoms with E-state index >= 15 is 0 Å². The molecule has 0 unspecified atom stereocenters. The zero-order chi connectivity index (χ0) is 14.5. The van der Waals surface area contributed by atoms with E-state index in [9.17, 15) is 5.11 Å². The molecule has 3 nitrogen and oxygen atoms in total. The van der Waals surface area contributed by atoms with Gasteiger partial charge in [-0.25, -0.2) is 0 Å². The Bertz CT molecular complexity index is 570. The third-order valence-corrected chi connectivity index (χ3v) is 3.34. The van der Waals surface area contributed by atoms with Crippen molar-refractivity contribution in [1.82, 2.24) is 0 Å². The van der Waals surface area contributed by atoms with Crippen molar-refractivity contribution >= 4 is 6.21 Å². The van der Waals surface area contributed by atoms with Crippen LogP contribution in [0, 0.1) is 6.92 Å². The van der Waals surface area contributed by atoms with Gasteiger partial charge in [-0.2, -0.15) is 0 Å². The highest BCUT2D eigenvalue weighted by molar-refractivity contribution is 5.76. The van der Waals surface area contributed by atoms with Crippen LogP contribution in [0.1, 0.15) is 48.5 Å². The number of rotatable bonds is 5. The van der Waals surface area contributed by atoms with Crippen LogP contribution in [0.5, 0.6) is 0 Å². The predicted molar refractivity (Wildman–Crippen MR) is 81.4 cm³/mol. The van der Waals surface area contributed by atoms with Crippen molar-refractivity contribution in [3.05, 3.63) is 59.0 Å². The van der Waals surface area contributed by atoms with E-state index in [-0.39, 0.29) is 12.6 Å². The summed E-state index contributed by atoms with van der Waals surface area (Å²) in [6.07, 6.45) is 1.70.